The summed E-state index contributed by atoms with van der Waals surface area (Å²) in [6.45, 7) is 0. The van der Waals surface area contributed by atoms with Gasteiger partial charge in [-0.15, -0.1) is 0 Å². The number of aliphatic carboxylic acids is 1. The Labute approximate surface area is 102 Å². The zero-order valence-electron chi connectivity index (χ0n) is 9.31. The van der Waals surface area contributed by atoms with Crippen molar-refractivity contribution in [2.45, 2.75) is 6.42 Å². The summed E-state index contributed by atoms with van der Waals surface area (Å²) >= 11 is 0. The molecule has 0 aliphatic heterocycles. The van der Waals surface area contributed by atoms with Gasteiger partial charge in [0.2, 0.25) is 0 Å². The maximum Gasteiger partial charge on any atom is 0.307 e. The molecule has 92 valence electrons. The van der Waals surface area contributed by atoms with E-state index in [1.165, 1.54) is 30.5 Å². The van der Waals surface area contributed by atoms with Gasteiger partial charge in [0, 0.05) is 11.8 Å². The highest BCUT2D eigenvalue weighted by Crippen LogP contribution is 2.17. The van der Waals surface area contributed by atoms with E-state index in [4.69, 9.17) is 5.11 Å². The van der Waals surface area contributed by atoms with Crippen molar-refractivity contribution in [1.29, 1.82) is 0 Å². The number of pyridine rings is 1. The largest absolute Gasteiger partial charge is 0.481 e. The number of H-pyrrole nitrogens is 1. The number of carboxylic acids is 1. The van der Waals surface area contributed by atoms with Gasteiger partial charge in [-0.05, 0) is 29.3 Å². The summed E-state index contributed by atoms with van der Waals surface area (Å²) in [7, 11) is 0. The molecule has 0 fully saturated rings. The molecule has 0 radical (unpaired) electrons. The van der Waals surface area contributed by atoms with Gasteiger partial charge < -0.3 is 10.1 Å². The van der Waals surface area contributed by atoms with Crippen molar-refractivity contribution < 1.29 is 14.3 Å². The highest BCUT2D eigenvalue weighted by molar-refractivity contribution is 5.71. The van der Waals surface area contributed by atoms with E-state index < -0.39 is 11.8 Å². The molecule has 2 aromatic rings. The Morgan fingerprint density at radius 2 is 2.11 bits per heavy atom. The summed E-state index contributed by atoms with van der Waals surface area (Å²) in [4.78, 5) is 24.7. The first kappa shape index (κ1) is 12.0. The summed E-state index contributed by atoms with van der Waals surface area (Å²) in [6, 6.07) is 7.06. The second-order valence-corrected chi connectivity index (χ2v) is 3.83. The van der Waals surface area contributed by atoms with Crippen molar-refractivity contribution in [3.05, 3.63) is 58.3 Å². The van der Waals surface area contributed by atoms with Crippen LogP contribution in [0.2, 0.25) is 0 Å². The molecule has 0 saturated heterocycles. The molecule has 0 atom stereocenters. The van der Waals surface area contributed by atoms with E-state index in [9.17, 15) is 14.0 Å². The van der Waals surface area contributed by atoms with Gasteiger partial charge in [-0.2, -0.15) is 0 Å². The lowest BCUT2D eigenvalue weighted by Crippen LogP contribution is -2.11. The summed E-state index contributed by atoms with van der Waals surface area (Å²) in [5.41, 5.74) is 0.757. The third kappa shape index (κ3) is 2.63. The molecule has 0 aliphatic carbocycles. The lowest BCUT2D eigenvalue weighted by Gasteiger charge is -2.03. The molecule has 0 amide bonds. The van der Waals surface area contributed by atoms with Gasteiger partial charge in [0.15, 0.2) is 0 Å². The third-order valence-electron chi connectivity index (χ3n) is 2.45. The molecule has 0 spiro atoms. The van der Waals surface area contributed by atoms with Crippen molar-refractivity contribution >= 4 is 5.97 Å². The Morgan fingerprint density at radius 1 is 1.33 bits per heavy atom. The molecule has 0 bridgehead atoms. The molecule has 0 saturated carbocycles. The molecule has 5 heteroatoms. The second kappa shape index (κ2) is 4.83. The van der Waals surface area contributed by atoms with Crippen LogP contribution in [0, 0.1) is 5.82 Å². The number of aromatic nitrogens is 1. The van der Waals surface area contributed by atoms with Gasteiger partial charge in [-0.3, -0.25) is 9.59 Å². The quantitative estimate of drug-likeness (QED) is 0.868. The first-order valence-corrected chi connectivity index (χ1v) is 5.25. The number of benzene rings is 1. The Kier molecular flexibility index (Phi) is 3.23. The Balaban J connectivity index is 2.50. The van der Waals surface area contributed by atoms with Crippen LogP contribution in [0.4, 0.5) is 4.39 Å². The van der Waals surface area contributed by atoms with E-state index in [-0.39, 0.29) is 17.5 Å². The second-order valence-electron chi connectivity index (χ2n) is 3.83. The smallest absolute Gasteiger partial charge is 0.307 e. The van der Waals surface area contributed by atoms with Crippen molar-refractivity contribution in [2.75, 3.05) is 0 Å². The maximum absolute atomic E-state index is 13.1. The van der Waals surface area contributed by atoms with Gasteiger partial charge >= 0.3 is 5.97 Å². The molecule has 1 aromatic heterocycles. The Bertz CT molecular complexity index is 649. The van der Waals surface area contributed by atoms with E-state index in [1.807, 2.05) is 0 Å². The van der Waals surface area contributed by atoms with Gasteiger partial charge in [0.25, 0.3) is 5.56 Å². The van der Waals surface area contributed by atoms with Gasteiger partial charge in [-0.1, -0.05) is 12.1 Å². The van der Waals surface area contributed by atoms with Crippen molar-refractivity contribution in [2.24, 2.45) is 0 Å². The minimum absolute atomic E-state index is 0.195. The molecule has 0 aliphatic rings. The van der Waals surface area contributed by atoms with Crippen molar-refractivity contribution in [3.8, 4) is 11.1 Å². The van der Waals surface area contributed by atoms with Crippen molar-refractivity contribution in [1.82, 2.24) is 4.98 Å². The van der Waals surface area contributed by atoms with Crippen LogP contribution in [-0.4, -0.2) is 16.1 Å². The molecule has 18 heavy (non-hydrogen) atoms. The average Bonchev–Trinajstić information content (AvgIpc) is 2.31. The minimum Gasteiger partial charge on any atom is -0.481 e. The highest BCUT2D eigenvalue weighted by atomic mass is 19.1. The molecular weight excluding hydrogens is 237 g/mol. The van der Waals surface area contributed by atoms with Crippen LogP contribution in [0.25, 0.3) is 11.1 Å². The SMILES string of the molecule is O=C(O)Cc1c[nH]c(=O)c(-c2cccc(F)c2)c1. The van der Waals surface area contributed by atoms with Crippen LogP contribution in [0.3, 0.4) is 0 Å². The number of nitrogens with one attached hydrogen (secondary N) is 1. The lowest BCUT2D eigenvalue weighted by molar-refractivity contribution is -0.136. The predicted octanol–water partition coefficient (Wildman–Crippen LogP) is 1.81. The number of carbonyl (C=O) groups is 1. The summed E-state index contributed by atoms with van der Waals surface area (Å²) < 4.78 is 13.1. The average molecular weight is 247 g/mol. The molecule has 0 unspecified atom stereocenters. The van der Waals surface area contributed by atoms with E-state index in [0.717, 1.165) is 0 Å². The Hall–Kier alpha value is -2.43. The van der Waals surface area contributed by atoms with E-state index in [0.29, 0.717) is 11.1 Å². The topological polar surface area (TPSA) is 70.2 Å². The zero-order valence-corrected chi connectivity index (χ0v) is 9.31. The zero-order chi connectivity index (χ0) is 13.1. The molecule has 1 aromatic carbocycles. The van der Waals surface area contributed by atoms with Gasteiger partial charge in [-0.25, -0.2) is 4.39 Å². The van der Waals surface area contributed by atoms with Crippen LogP contribution in [-0.2, 0) is 11.2 Å². The maximum atomic E-state index is 13.1. The number of aromatic amines is 1. The number of halogens is 1. The number of rotatable bonds is 3. The number of hydrogen-bond acceptors (Lipinski definition) is 2. The first-order valence-electron chi connectivity index (χ1n) is 5.25. The van der Waals surface area contributed by atoms with Crippen LogP contribution in [0.5, 0.6) is 0 Å². The molecular formula is C13H10FNO3. The molecule has 2 rings (SSSR count). The predicted molar refractivity (Wildman–Crippen MR) is 63.8 cm³/mol. The fraction of sp³-hybridized carbons (Fsp3) is 0.0769. The van der Waals surface area contributed by atoms with E-state index in [2.05, 4.69) is 4.98 Å². The number of carboxylic acid groups (broad SMARTS) is 1. The van der Waals surface area contributed by atoms with Crippen LogP contribution >= 0.6 is 0 Å². The minimum atomic E-state index is -0.993. The normalized spacial score (nSPS) is 10.3. The monoisotopic (exact) mass is 247 g/mol. The molecule has 2 N–H and O–H groups in total. The van der Waals surface area contributed by atoms with Crippen LogP contribution < -0.4 is 5.56 Å². The molecule has 1 heterocycles. The summed E-state index contributed by atoms with van der Waals surface area (Å²) in [5.74, 6) is -1.44. The standard InChI is InChI=1S/C13H10FNO3/c14-10-3-1-2-9(6-10)11-4-8(5-12(16)17)7-15-13(11)18/h1-4,6-7H,5H2,(H,15,18)(H,16,17). The Morgan fingerprint density at radius 3 is 2.78 bits per heavy atom. The van der Waals surface area contributed by atoms with Gasteiger partial charge in [0.1, 0.15) is 5.82 Å². The van der Waals surface area contributed by atoms with Crippen LogP contribution in [0.15, 0.2) is 41.3 Å². The fourth-order valence-electron chi connectivity index (χ4n) is 1.68. The lowest BCUT2D eigenvalue weighted by atomic mass is 10.0. The fourth-order valence-corrected chi connectivity index (χ4v) is 1.68. The van der Waals surface area contributed by atoms with E-state index >= 15 is 0 Å². The summed E-state index contributed by atoms with van der Waals surface area (Å²) in [5, 5.41) is 8.69. The van der Waals surface area contributed by atoms with Gasteiger partial charge in [0.05, 0.1) is 6.42 Å². The number of hydrogen-bond donors (Lipinski definition) is 2. The highest BCUT2D eigenvalue weighted by Gasteiger charge is 2.07. The van der Waals surface area contributed by atoms with E-state index in [1.54, 1.807) is 6.07 Å². The van der Waals surface area contributed by atoms with Crippen LogP contribution in [0.1, 0.15) is 5.56 Å². The third-order valence-corrected chi connectivity index (χ3v) is 2.45. The first-order chi connectivity index (χ1) is 8.56. The molecule has 4 nitrogen and oxygen atoms in total. The van der Waals surface area contributed by atoms with Crippen molar-refractivity contribution in [3.63, 3.8) is 0 Å². The summed E-state index contributed by atoms with van der Waals surface area (Å²) in [6.07, 6.45) is 1.15.